The third-order valence-corrected chi connectivity index (χ3v) is 3.77. The van der Waals surface area contributed by atoms with Crippen molar-refractivity contribution in [3.8, 4) is 0 Å². The van der Waals surface area contributed by atoms with E-state index in [2.05, 4.69) is 33.3 Å². The normalized spacial score (nSPS) is 28.8. The first-order valence-electron chi connectivity index (χ1n) is 5.19. The van der Waals surface area contributed by atoms with Gasteiger partial charge in [0.15, 0.2) is 0 Å². The maximum absolute atomic E-state index is 2.51. The molecule has 0 amide bonds. The minimum atomic E-state index is 0.892. The zero-order valence-corrected chi connectivity index (χ0v) is 8.30. The van der Waals surface area contributed by atoms with E-state index in [0.29, 0.717) is 0 Å². The van der Waals surface area contributed by atoms with Crippen LogP contribution in [0.5, 0.6) is 0 Å². The molecule has 65 valence electrons. The zero-order chi connectivity index (χ0) is 9.00. The minimum absolute atomic E-state index is 0.892. The van der Waals surface area contributed by atoms with Gasteiger partial charge in [0.05, 0.1) is 0 Å². The molecule has 1 aliphatic heterocycles. The highest BCUT2D eigenvalue weighted by Gasteiger charge is 2.42. The van der Waals surface area contributed by atoms with Gasteiger partial charge in [-0.3, -0.25) is 0 Å². The Morgan fingerprint density at radius 3 is 3.00 bits per heavy atom. The molecule has 0 N–H and O–H groups in total. The molecule has 1 fully saturated rings. The second kappa shape index (κ2) is 2.40. The fraction of sp³-hybridized carbons (Fsp3) is 0.500. The first kappa shape index (κ1) is 7.67. The first-order valence-corrected chi connectivity index (χ1v) is 5.19. The molecule has 1 heteroatoms. The van der Waals surface area contributed by atoms with E-state index in [4.69, 9.17) is 0 Å². The molecule has 2 unspecified atom stereocenters. The molecule has 13 heavy (non-hydrogen) atoms. The van der Waals surface area contributed by atoms with Crippen LogP contribution in [0.2, 0.25) is 5.82 Å². The van der Waals surface area contributed by atoms with E-state index in [1.54, 1.807) is 11.1 Å². The van der Waals surface area contributed by atoms with Crippen molar-refractivity contribution in [1.82, 2.24) is 0 Å². The molecule has 1 aromatic rings. The van der Waals surface area contributed by atoms with Crippen molar-refractivity contribution < 1.29 is 0 Å². The summed E-state index contributed by atoms with van der Waals surface area (Å²) >= 11 is 0. The van der Waals surface area contributed by atoms with Crippen LogP contribution in [0.4, 0.5) is 0 Å². The van der Waals surface area contributed by atoms with E-state index in [9.17, 15) is 0 Å². The van der Waals surface area contributed by atoms with Crippen molar-refractivity contribution in [2.24, 2.45) is 0 Å². The number of rotatable bonds is 0. The summed E-state index contributed by atoms with van der Waals surface area (Å²) in [5.41, 5.74) is 6.25. The summed E-state index contributed by atoms with van der Waals surface area (Å²) < 4.78 is 0. The van der Waals surface area contributed by atoms with Crippen LogP contribution < -0.4 is 0 Å². The van der Waals surface area contributed by atoms with E-state index < -0.39 is 0 Å². The fourth-order valence-corrected chi connectivity index (χ4v) is 2.62. The van der Waals surface area contributed by atoms with Crippen LogP contribution >= 0.6 is 0 Å². The molecule has 0 saturated heterocycles. The molecule has 0 nitrogen and oxygen atoms in total. The smallest absolute Gasteiger partial charge is 0.0612 e. The second-order valence-corrected chi connectivity index (χ2v) is 4.52. The minimum Gasteiger partial charge on any atom is -0.0612 e. The Bertz CT molecular complexity index is 368. The van der Waals surface area contributed by atoms with E-state index >= 15 is 0 Å². The molecule has 2 aliphatic rings. The highest BCUT2D eigenvalue weighted by Crippen LogP contribution is 2.56. The molecular weight excluding hydrogens is 155 g/mol. The van der Waals surface area contributed by atoms with Crippen molar-refractivity contribution in [1.29, 1.82) is 0 Å². The molecule has 0 spiro atoms. The van der Waals surface area contributed by atoms with Crippen molar-refractivity contribution in [2.75, 3.05) is 0 Å². The van der Waals surface area contributed by atoms with Gasteiger partial charge in [-0.1, -0.05) is 30.7 Å². The van der Waals surface area contributed by atoms with E-state index in [0.717, 1.165) is 11.7 Å². The molecule has 1 aliphatic carbocycles. The Labute approximate surface area is 80.6 Å². The lowest BCUT2D eigenvalue weighted by Crippen LogP contribution is -2.09. The predicted molar refractivity (Wildman–Crippen MR) is 56.5 cm³/mol. The number of hydrogen-bond acceptors (Lipinski definition) is 0. The third-order valence-electron chi connectivity index (χ3n) is 3.77. The summed E-state index contributed by atoms with van der Waals surface area (Å²) in [5, 5.41) is 0. The van der Waals surface area contributed by atoms with Gasteiger partial charge in [0, 0.05) is 0 Å². The van der Waals surface area contributed by atoms with Gasteiger partial charge in [0.1, 0.15) is 7.28 Å². The van der Waals surface area contributed by atoms with Crippen LogP contribution in [0, 0.1) is 13.8 Å². The molecule has 0 aromatic heterocycles. The predicted octanol–water partition coefficient (Wildman–Crippen LogP) is 2.80. The topological polar surface area (TPSA) is 0 Å². The summed E-state index contributed by atoms with van der Waals surface area (Å²) in [6.45, 7) is 4.49. The number of hydrogen-bond donors (Lipinski definition) is 0. The molecule has 1 radical (unpaired) electrons. The Hall–Kier alpha value is -0.715. The second-order valence-electron chi connectivity index (χ2n) is 4.52. The van der Waals surface area contributed by atoms with E-state index in [-0.39, 0.29) is 0 Å². The molecule has 2 atom stereocenters. The standard InChI is InChI=1S/C12H14B/c1-7-3-4-9-10-5-12(10)13-6-11(9)8(7)2/h3-4,10,12H,5-6H2,1-2H3. The van der Waals surface area contributed by atoms with Crippen LogP contribution in [0.3, 0.4) is 0 Å². The molecule has 1 aromatic carbocycles. The SMILES string of the molecule is Cc1ccc2c(c1C)C[B]C1CC21. The molecule has 1 heterocycles. The molecule has 1 saturated carbocycles. The summed E-state index contributed by atoms with van der Waals surface area (Å²) in [6.07, 6.45) is 2.62. The average Bonchev–Trinajstić information content (AvgIpc) is 2.89. The summed E-state index contributed by atoms with van der Waals surface area (Å²) in [5.74, 6) is 1.82. The highest BCUT2D eigenvalue weighted by molar-refractivity contribution is 6.39. The Balaban J connectivity index is 2.19. The summed E-state index contributed by atoms with van der Waals surface area (Å²) in [4.78, 5) is 0. The van der Waals surface area contributed by atoms with Crippen LogP contribution in [0.25, 0.3) is 0 Å². The molecule has 3 rings (SSSR count). The lowest BCUT2D eigenvalue weighted by Gasteiger charge is -2.18. The van der Waals surface area contributed by atoms with Crippen LogP contribution in [-0.4, -0.2) is 7.28 Å². The summed E-state index contributed by atoms with van der Waals surface area (Å²) in [6, 6.07) is 4.64. The molecular formula is C12H14B. The lowest BCUT2D eigenvalue weighted by molar-refractivity contribution is 1.02. The van der Waals surface area contributed by atoms with Gasteiger partial charge in [0.2, 0.25) is 0 Å². The maximum Gasteiger partial charge on any atom is 0.120 e. The van der Waals surface area contributed by atoms with E-state index in [1.807, 2.05) is 0 Å². The van der Waals surface area contributed by atoms with Crippen molar-refractivity contribution >= 4 is 7.28 Å². The maximum atomic E-state index is 2.51. The van der Waals surface area contributed by atoms with Gasteiger partial charge in [0.25, 0.3) is 0 Å². The van der Waals surface area contributed by atoms with Gasteiger partial charge in [-0.05, 0) is 42.0 Å². The van der Waals surface area contributed by atoms with Gasteiger partial charge in [-0.2, -0.15) is 0 Å². The Kier molecular flexibility index (Phi) is 1.42. The fourth-order valence-electron chi connectivity index (χ4n) is 2.62. The Morgan fingerprint density at radius 2 is 2.15 bits per heavy atom. The lowest BCUT2D eigenvalue weighted by atomic mass is 9.60. The number of benzene rings is 1. The van der Waals surface area contributed by atoms with Crippen molar-refractivity contribution in [3.63, 3.8) is 0 Å². The Morgan fingerprint density at radius 1 is 1.31 bits per heavy atom. The van der Waals surface area contributed by atoms with Gasteiger partial charge in [-0.15, -0.1) is 0 Å². The van der Waals surface area contributed by atoms with Crippen LogP contribution in [0.1, 0.15) is 34.6 Å². The van der Waals surface area contributed by atoms with Gasteiger partial charge < -0.3 is 0 Å². The van der Waals surface area contributed by atoms with Crippen molar-refractivity contribution in [2.45, 2.75) is 38.3 Å². The quantitative estimate of drug-likeness (QED) is 0.524. The van der Waals surface area contributed by atoms with Crippen LogP contribution in [-0.2, 0) is 6.32 Å². The van der Waals surface area contributed by atoms with Crippen molar-refractivity contribution in [3.05, 3.63) is 34.4 Å². The molecule has 0 bridgehead atoms. The number of fused-ring (bicyclic) bond motifs is 3. The highest BCUT2D eigenvalue weighted by atomic mass is 14.4. The van der Waals surface area contributed by atoms with Crippen LogP contribution in [0.15, 0.2) is 12.1 Å². The largest absolute Gasteiger partial charge is 0.120 e. The third kappa shape index (κ3) is 0.994. The zero-order valence-electron chi connectivity index (χ0n) is 8.30. The van der Waals surface area contributed by atoms with Gasteiger partial charge >= 0.3 is 0 Å². The van der Waals surface area contributed by atoms with Gasteiger partial charge in [-0.25, -0.2) is 0 Å². The monoisotopic (exact) mass is 169 g/mol. The number of aryl methyl sites for hydroxylation is 1. The average molecular weight is 169 g/mol. The summed E-state index contributed by atoms with van der Waals surface area (Å²) in [7, 11) is 2.51. The van der Waals surface area contributed by atoms with E-state index in [1.165, 1.54) is 23.9 Å². The first-order chi connectivity index (χ1) is 6.27.